The number of sulfone groups is 1. The number of anilines is 1. The maximum absolute atomic E-state index is 11.9. The van der Waals surface area contributed by atoms with Gasteiger partial charge in [-0.15, -0.1) is 0 Å². The molecule has 1 aromatic carbocycles. The van der Waals surface area contributed by atoms with Gasteiger partial charge in [0, 0.05) is 16.6 Å². The fraction of sp³-hybridized carbons (Fsp3) is 0.500. The molecule has 1 N–H and O–H groups in total. The van der Waals surface area contributed by atoms with E-state index in [0.717, 1.165) is 15.7 Å². The Labute approximate surface area is 128 Å². The van der Waals surface area contributed by atoms with Crippen LogP contribution in [0.15, 0.2) is 22.7 Å². The third kappa shape index (κ3) is 4.31. The Bertz CT molecular complexity index is 613. The average molecular weight is 360 g/mol. The molecule has 0 bridgehead atoms. The van der Waals surface area contributed by atoms with Crippen LogP contribution < -0.4 is 5.32 Å². The molecule has 0 aromatic heterocycles. The summed E-state index contributed by atoms with van der Waals surface area (Å²) < 4.78 is 23.6. The van der Waals surface area contributed by atoms with Gasteiger partial charge in [0.15, 0.2) is 9.84 Å². The lowest BCUT2D eigenvalue weighted by atomic mass is 10.0. The van der Waals surface area contributed by atoms with Crippen molar-refractivity contribution in [2.45, 2.75) is 26.2 Å². The number of nitrogens with one attached hydrogen (secondary N) is 1. The first-order valence-corrected chi connectivity index (χ1v) is 9.23. The van der Waals surface area contributed by atoms with Crippen molar-refractivity contribution in [3.63, 3.8) is 0 Å². The van der Waals surface area contributed by atoms with E-state index in [4.69, 9.17) is 0 Å². The van der Waals surface area contributed by atoms with Crippen LogP contribution in [-0.4, -0.2) is 25.8 Å². The highest BCUT2D eigenvalue weighted by molar-refractivity contribution is 9.10. The van der Waals surface area contributed by atoms with Crippen molar-refractivity contribution in [3.05, 3.63) is 28.2 Å². The van der Waals surface area contributed by atoms with Crippen LogP contribution in [0.2, 0.25) is 0 Å². The van der Waals surface area contributed by atoms with Gasteiger partial charge < -0.3 is 5.32 Å². The number of carbonyl (C=O) groups is 1. The molecular weight excluding hydrogens is 342 g/mol. The molecule has 20 heavy (non-hydrogen) atoms. The molecule has 0 spiro atoms. The Balaban J connectivity index is 1.82. The van der Waals surface area contributed by atoms with Gasteiger partial charge in [-0.25, -0.2) is 8.42 Å². The van der Waals surface area contributed by atoms with E-state index in [1.165, 1.54) is 0 Å². The summed E-state index contributed by atoms with van der Waals surface area (Å²) in [4.78, 5) is 11.9. The highest BCUT2D eigenvalue weighted by Crippen LogP contribution is 2.24. The fourth-order valence-electron chi connectivity index (χ4n) is 2.33. The van der Waals surface area contributed by atoms with Crippen LogP contribution in [0.5, 0.6) is 0 Å². The Hall–Kier alpha value is -0.880. The first-order valence-electron chi connectivity index (χ1n) is 6.62. The predicted octanol–water partition coefficient (Wildman–Crippen LogP) is 2.91. The minimum absolute atomic E-state index is 0.0648. The summed E-state index contributed by atoms with van der Waals surface area (Å²) in [6.07, 6.45) is 1.69. The third-order valence-corrected chi connectivity index (χ3v) is 6.25. The zero-order chi connectivity index (χ0) is 14.8. The quantitative estimate of drug-likeness (QED) is 0.898. The van der Waals surface area contributed by atoms with Gasteiger partial charge in [-0.2, -0.15) is 0 Å². The van der Waals surface area contributed by atoms with Gasteiger partial charge in [-0.05, 0) is 43.4 Å². The molecule has 1 aliphatic rings. The SMILES string of the molecule is Cc1ccc(NC(=O)CCC2CCS(=O)(=O)C2)cc1Br. The van der Waals surface area contributed by atoms with E-state index in [0.29, 0.717) is 19.3 Å². The van der Waals surface area contributed by atoms with Crippen LogP contribution in [0.4, 0.5) is 5.69 Å². The number of hydrogen-bond donors (Lipinski definition) is 1. The number of benzene rings is 1. The molecule has 1 aromatic rings. The lowest BCUT2D eigenvalue weighted by Gasteiger charge is -2.09. The molecule has 0 saturated carbocycles. The van der Waals surface area contributed by atoms with Crippen LogP contribution in [0, 0.1) is 12.8 Å². The third-order valence-electron chi connectivity index (χ3n) is 3.56. The molecule has 4 nitrogen and oxygen atoms in total. The molecule has 0 radical (unpaired) electrons. The molecule has 1 atom stereocenters. The summed E-state index contributed by atoms with van der Waals surface area (Å²) in [5.74, 6) is 0.571. The fourth-order valence-corrected chi connectivity index (χ4v) is 4.62. The molecule has 110 valence electrons. The lowest BCUT2D eigenvalue weighted by Crippen LogP contribution is -2.14. The molecule has 1 aliphatic heterocycles. The Morgan fingerprint density at radius 3 is 2.80 bits per heavy atom. The summed E-state index contributed by atoms with van der Waals surface area (Å²) in [6, 6.07) is 5.66. The Morgan fingerprint density at radius 2 is 2.20 bits per heavy atom. The van der Waals surface area contributed by atoms with Crippen LogP contribution in [0.3, 0.4) is 0 Å². The molecule has 1 heterocycles. The second kappa shape index (κ2) is 6.26. The van der Waals surface area contributed by atoms with Crippen LogP contribution in [0.1, 0.15) is 24.8 Å². The topological polar surface area (TPSA) is 63.2 Å². The van der Waals surface area contributed by atoms with Gasteiger partial charge in [-0.3, -0.25) is 4.79 Å². The number of halogens is 1. The van der Waals surface area contributed by atoms with Crippen molar-refractivity contribution in [1.82, 2.24) is 0 Å². The zero-order valence-electron chi connectivity index (χ0n) is 11.4. The Kier molecular flexibility index (Phi) is 4.86. The van der Waals surface area contributed by atoms with Crippen molar-refractivity contribution >= 4 is 37.4 Å². The summed E-state index contributed by atoms with van der Waals surface area (Å²) >= 11 is 3.42. The Morgan fingerprint density at radius 1 is 1.45 bits per heavy atom. The van der Waals surface area contributed by atoms with E-state index >= 15 is 0 Å². The van der Waals surface area contributed by atoms with Crippen molar-refractivity contribution in [2.75, 3.05) is 16.8 Å². The molecule has 2 rings (SSSR count). The molecule has 1 saturated heterocycles. The highest BCUT2D eigenvalue weighted by Gasteiger charge is 2.27. The zero-order valence-corrected chi connectivity index (χ0v) is 13.8. The van der Waals surface area contributed by atoms with Gasteiger partial charge in [0.25, 0.3) is 0 Å². The number of hydrogen-bond acceptors (Lipinski definition) is 3. The number of carbonyl (C=O) groups excluding carboxylic acids is 1. The number of rotatable bonds is 4. The predicted molar refractivity (Wildman–Crippen MR) is 83.5 cm³/mol. The lowest BCUT2D eigenvalue weighted by molar-refractivity contribution is -0.116. The molecular formula is C14H18BrNO3S. The normalized spacial score (nSPS) is 20.8. The maximum Gasteiger partial charge on any atom is 0.224 e. The molecule has 1 unspecified atom stereocenters. The van der Waals surface area contributed by atoms with E-state index in [1.807, 2.05) is 25.1 Å². The first-order chi connectivity index (χ1) is 9.35. The van der Waals surface area contributed by atoms with E-state index < -0.39 is 9.84 Å². The van der Waals surface area contributed by atoms with Gasteiger partial charge in [0.05, 0.1) is 11.5 Å². The maximum atomic E-state index is 11.9. The van der Waals surface area contributed by atoms with Gasteiger partial charge in [-0.1, -0.05) is 22.0 Å². The van der Waals surface area contributed by atoms with Crippen molar-refractivity contribution < 1.29 is 13.2 Å². The second-order valence-corrected chi connectivity index (χ2v) is 8.40. The van der Waals surface area contributed by atoms with Crippen molar-refractivity contribution in [2.24, 2.45) is 5.92 Å². The monoisotopic (exact) mass is 359 g/mol. The van der Waals surface area contributed by atoms with E-state index in [2.05, 4.69) is 21.2 Å². The van der Waals surface area contributed by atoms with Crippen molar-refractivity contribution in [3.8, 4) is 0 Å². The summed E-state index contributed by atoms with van der Waals surface area (Å²) in [5.41, 5.74) is 1.87. The number of aryl methyl sites for hydroxylation is 1. The van der Waals surface area contributed by atoms with Gasteiger partial charge in [0.1, 0.15) is 0 Å². The van der Waals surface area contributed by atoms with E-state index in [9.17, 15) is 13.2 Å². The summed E-state index contributed by atoms with van der Waals surface area (Å²) in [5, 5.41) is 2.84. The second-order valence-electron chi connectivity index (χ2n) is 5.32. The number of amides is 1. The smallest absolute Gasteiger partial charge is 0.224 e. The van der Waals surface area contributed by atoms with Crippen molar-refractivity contribution in [1.29, 1.82) is 0 Å². The highest BCUT2D eigenvalue weighted by atomic mass is 79.9. The van der Waals surface area contributed by atoms with Gasteiger partial charge in [0.2, 0.25) is 5.91 Å². The summed E-state index contributed by atoms with van der Waals surface area (Å²) in [6.45, 7) is 1.98. The minimum Gasteiger partial charge on any atom is -0.326 e. The minimum atomic E-state index is -2.85. The summed E-state index contributed by atoms with van der Waals surface area (Å²) in [7, 11) is -2.85. The standard InChI is InChI=1S/C14H18BrNO3S/c1-10-2-4-12(8-13(10)15)16-14(17)5-3-11-6-7-20(18,19)9-11/h2,4,8,11H,3,5-7,9H2,1H3,(H,16,17). The van der Waals surface area contributed by atoms with Crippen LogP contribution >= 0.6 is 15.9 Å². The van der Waals surface area contributed by atoms with E-state index in [1.54, 1.807) is 0 Å². The van der Waals surface area contributed by atoms with Crippen LogP contribution in [0.25, 0.3) is 0 Å². The molecule has 1 fully saturated rings. The molecule has 1 amide bonds. The van der Waals surface area contributed by atoms with E-state index in [-0.39, 0.29) is 23.3 Å². The molecule has 6 heteroatoms. The first kappa shape index (κ1) is 15.5. The van der Waals surface area contributed by atoms with Gasteiger partial charge >= 0.3 is 0 Å². The largest absolute Gasteiger partial charge is 0.326 e. The average Bonchev–Trinajstić information content (AvgIpc) is 2.71. The van der Waals surface area contributed by atoms with Crippen LogP contribution in [-0.2, 0) is 14.6 Å². The molecule has 0 aliphatic carbocycles.